The van der Waals surface area contributed by atoms with Crippen LogP contribution in [-0.4, -0.2) is 35.4 Å². The van der Waals surface area contributed by atoms with E-state index in [9.17, 15) is 14.4 Å². The number of aromatic amines is 1. The number of ether oxygens (including phenoxy) is 3. The molecule has 1 aliphatic carbocycles. The summed E-state index contributed by atoms with van der Waals surface area (Å²) in [5.74, 6) is -1.23. The van der Waals surface area contributed by atoms with E-state index in [1.807, 2.05) is 6.07 Å². The van der Waals surface area contributed by atoms with Gasteiger partial charge in [0.15, 0.2) is 0 Å². The van der Waals surface area contributed by atoms with Gasteiger partial charge < -0.3 is 24.5 Å². The van der Waals surface area contributed by atoms with Gasteiger partial charge in [-0.1, -0.05) is 47.8 Å². The van der Waals surface area contributed by atoms with Crippen molar-refractivity contribution in [1.82, 2.24) is 4.98 Å². The van der Waals surface area contributed by atoms with Gasteiger partial charge in [0, 0.05) is 40.2 Å². The third kappa shape index (κ3) is 7.05. The Labute approximate surface area is 223 Å². The molecule has 0 bridgehead atoms. The van der Waals surface area contributed by atoms with Crippen LogP contribution < -0.4 is 5.32 Å². The molecular weight excluding hydrogens is 519 g/mol. The summed E-state index contributed by atoms with van der Waals surface area (Å²) in [5.41, 5.74) is 1.42. The highest BCUT2D eigenvalue weighted by Crippen LogP contribution is 2.34. The van der Waals surface area contributed by atoms with Crippen molar-refractivity contribution in [2.24, 2.45) is 0 Å². The van der Waals surface area contributed by atoms with E-state index in [0.717, 1.165) is 32.1 Å². The van der Waals surface area contributed by atoms with E-state index in [0.29, 0.717) is 27.2 Å². The van der Waals surface area contributed by atoms with Gasteiger partial charge >= 0.3 is 12.1 Å². The van der Waals surface area contributed by atoms with Gasteiger partial charge in [-0.15, -0.1) is 0 Å². The number of rotatable bonds is 7. The van der Waals surface area contributed by atoms with Gasteiger partial charge in [0.1, 0.15) is 11.8 Å². The topological polar surface area (TPSA) is 107 Å². The molecule has 4 rings (SSSR count). The largest absolute Gasteiger partial charge is 0.511 e. The minimum Gasteiger partial charge on any atom is -0.431 e. The molecule has 1 fully saturated rings. The number of H-pyrrole nitrogens is 1. The summed E-state index contributed by atoms with van der Waals surface area (Å²) in [4.78, 5) is 40.6. The number of aromatic nitrogens is 1. The average Bonchev–Trinajstić information content (AvgIpc) is 3.22. The second-order valence-corrected chi connectivity index (χ2v) is 9.47. The molecule has 8 nitrogen and oxygen atoms in total. The Morgan fingerprint density at radius 2 is 1.78 bits per heavy atom. The minimum atomic E-state index is -1.22. The van der Waals surface area contributed by atoms with Crippen molar-refractivity contribution >= 4 is 63.9 Å². The van der Waals surface area contributed by atoms with E-state index in [2.05, 4.69) is 10.3 Å². The molecule has 1 atom stereocenters. The maximum atomic E-state index is 13.1. The van der Waals surface area contributed by atoms with Crippen LogP contribution in [0.1, 0.15) is 55.1 Å². The molecule has 0 spiro atoms. The Kier molecular flexibility index (Phi) is 8.74. The van der Waals surface area contributed by atoms with Gasteiger partial charge in [-0.25, -0.2) is 9.59 Å². The molecule has 1 unspecified atom stereocenters. The fraction of sp³-hybridized carbons (Fsp3) is 0.296. The van der Waals surface area contributed by atoms with Crippen molar-refractivity contribution in [2.45, 2.75) is 51.4 Å². The standard InChI is InChI=1S/C27H26Cl2N2O6/c1-16(36-27(34)37-19-10-6-3-7-11-19)35-26(33)25-20(24-21(29)14-17(28)15-22(24)31-25)12-13-23(32)30-18-8-4-2-5-9-18/h2,4-5,8-9,12-16,19,31H,3,6-7,10-11H2,1H3,(H,30,32)/b13-12+. The van der Waals surface area contributed by atoms with E-state index in [4.69, 9.17) is 37.4 Å². The lowest BCUT2D eigenvalue weighted by Crippen LogP contribution is -2.27. The number of anilines is 1. The van der Waals surface area contributed by atoms with Crippen LogP contribution in [0.3, 0.4) is 0 Å². The van der Waals surface area contributed by atoms with Crippen molar-refractivity contribution < 1.29 is 28.6 Å². The van der Waals surface area contributed by atoms with Crippen LogP contribution in [0.2, 0.25) is 10.0 Å². The lowest BCUT2D eigenvalue weighted by atomic mass is 9.98. The zero-order chi connectivity index (χ0) is 26.4. The van der Waals surface area contributed by atoms with Crippen LogP contribution in [0.25, 0.3) is 17.0 Å². The lowest BCUT2D eigenvalue weighted by Gasteiger charge is -2.22. The van der Waals surface area contributed by atoms with Crippen LogP contribution in [0.15, 0.2) is 48.5 Å². The summed E-state index contributed by atoms with van der Waals surface area (Å²) in [5, 5.41) is 3.85. The first kappa shape index (κ1) is 26.6. The van der Waals surface area contributed by atoms with E-state index in [-0.39, 0.29) is 16.8 Å². The zero-order valence-electron chi connectivity index (χ0n) is 20.1. The van der Waals surface area contributed by atoms with Gasteiger partial charge in [-0.3, -0.25) is 4.79 Å². The van der Waals surface area contributed by atoms with Crippen molar-refractivity contribution in [2.75, 3.05) is 5.32 Å². The predicted octanol–water partition coefficient (Wildman–Crippen LogP) is 7.12. The number of amides is 1. The van der Waals surface area contributed by atoms with Crippen molar-refractivity contribution in [3.05, 3.63) is 69.8 Å². The molecule has 0 saturated heterocycles. The second-order valence-electron chi connectivity index (χ2n) is 8.63. The fourth-order valence-electron chi connectivity index (χ4n) is 4.18. The van der Waals surface area contributed by atoms with Crippen LogP contribution >= 0.6 is 23.2 Å². The molecule has 1 amide bonds. The van der Waals surface area contributed by atoms with Crippen LogP contribution in [-0.2, 0) is 19.0 Å². The SMILES string of the molecule is CC(OC(=O)OC1CCCCC1)OC(=O)c1[nH]c2cc(Cl)cc(Cl)c2c1/C=C/C(=O)Nc1ccccc1. The first-order valence-electron chi connectivity index (χ1n) is 11.9. The molecule has 1 heterocycles. The maximum Gasteiger partial charge on any atom is 0.511 e. The number of fused-ring (bicyclic) bond motifs is 1. The first-order valence-corrected chi connectivity index (χ1v) is 12.7. The van der Waals surface area contributed by atoms with Gasteiger partial charge in [0.2, 0.25) is 12.2 Å². The van der Waals surface area contributed by atoms with E-state index < -0.39 is 24.3 Å². The third-order valence-corrected chi connectivity index (χ3v) is 6.37. The predicted molar refractivity (Wildman–Crippen MR) is 142 cm³/mol. The third-order valence-electron chi connectivity index (χ3n) is 5.85. The molecule has 3 aromatic rings. The van der Waals surface area contributed by atoms with Crippen molar-refractivity contribution in [1.29, 1.82) is 0 Å². The minimum absolute atomic E-state index is 0.0130. The number of hydrogen-bond acceptors (Lipinski definition) is 6. The number of carbonyl (C=O) groups is 3. The Balaban J connectivity index is 1.51. The molecule has 1 saturated carbocycles. The van der Waals surface area contributed by atoms with Crippen molar-refractivity contribution in [3.63, 3.8) is 0 Å². The summed E-state index contributed by atoms with van der Waals surface area (Å²) in [6.45, 7) is 1.41. The quantitative estimate of drug-likeness (QED) is 0.186. The van der Waals surface area contributed by atoms with Crippen LogP contribution in [0, 0.1) is 0 Å². The molecule has 10 heteroatoms. The first-order chi connectivity index (χ1) is 17.8. The van der Waals surface area contributed by atoms with E-state index in [1.54, 1.807) is 30.3 Å². The smallest absolute Gasteiger partial charge is 0.431 e. The van der Waals surface area contributed by atoms with Crippen LogP contribution in [0.5, 0.6) is 0 Å². The van der Waals surface area contributed by atoms with Crippen LogP contribution in [0.4, 0.5) is 10.5 Å². The molecule has 0 radical (unpaired) electrons. The highest BCUT2D eigenvalue weighted by atomic mass is 35.5. The Morgan fingerprint density at radius 3 is 2.51 bits per heavy atom. The summed E-state index contributed by atoms with van der Waals surface area (Å²) >= 11 is 12.6. The number of carbonyl (C=O) groups excluding carboxylic acids is 3. The van der Waals surface area contributed by atoms with Gasteiger partial charge in [0.25, 0.3) is 0 Å². The molecule has 0 aliphatic heterocycles. The number of hydrogen-bond donors (Lipinski definition) is 2. The Hall–Kier alpha value is -3.49. The molecule has 37 heavy (non-hydrogen) atoms. The summed E-state index contributed by atoms with van der Waals surface area (Å²) in [6.07, 6.45) is 5.11. The number of para-hydroxylation sites is 1. The van der Waals surface area contributed by atoms with E-state index >= 15 is 0 Å². The highest BCUT2D eigenvalue weighted by molar-refractivity contribution is 6.39. The average molecular weight is 545 g/mol. The molecule has 2 aromatic carbocycles. The lowest BCUT2D eigenvalue weighted by molar-refractivity contribution is -0.111. The van der Waals surface area contributed by atoms with Crippen molar-refractivity contribution in [3.8, 4) is 0 Å². The molecule has 194 valence electrons. The normalized spacial score (nSPS) is 14.9. The molecule has 1 aliphatic rings. The summed E-state index contributed by atoms with van der Waals surface area (Å²) in [7, 11) is 0. The number of benzene rings is 2. The summed E-state index contributed by atoms with van der Waals surface area (Å²) in [6, 6.07) is 12.1. The second kappa shape index (κ2) is 12.2. The zero-order valence-corrected chi connectivity index (χ0v) is 21.6. The maximum absolute atomic E-state index is 13.1. The summed E-state index contributed by atoms with van der Waals surface area (Å²) < 4.78 is 15.8. The van der Waals surface area contributed by atoms with Gasteiger partial charge in [0.05, 0.1) is 5.02 Å². The van der Waals surface area contributed by atoms with E-state index in [1.165, 1.54) is 25.1 Å². The number of halogens is 2. The number of esters is 1. The Morgan fingerprint density at radius 1 is 1.05 bits per heavy atom. The van der Waals surface area contributed by atoms with Gasteiger partial charge in [-0.05, 0) is 56.0 Å². The van der Waals surface area contributed by atoms with Gasteiger partial charge in [-0.2, -0.15) is 0 Å². The molecular formula is C27H26Cl2N2O6. The highest BCUT2D eigenvalue weighted by Gasteiger charge is 2.25. The monoisotopic (exact) mass is 544 g/mol. The molecule has 2 N–H and O–H groups in total. The molecule has 1 aromatic heterocycles. The number of nitrogens with one attached hydrogen (secondary N) is 2. The fourth-order valence-corrected chi connectivity index (χ4v) is 4.78. The Bertz CT molecular complexity index is 1320.